The minimum atomic E-state index is 0.0278. The molecule has 0 fully saturated rings. The van der Waals surface area contributed by atoms with Gasteiger partial charge in [0.05, 0.1) is 37.8 Å². The fourth-order valence-electron chi connectivity index (χ4n) is 1.12. The van der Waals surface area contributed by atoms with E-state index in [1.54, 1.807) is 19.1 Å². The lowest BCUT2D eigenvalue weighted by Crippen LogP contribution is -2.03. The van der Waals surface area contributed by atoms with Crippen LogP contribution in [-0.2, 0) is 14.3 Å². The molecule has 0 unspecified atom stereocenters. The van der Waals surface area contributed by atoms with Crippen LogP contribution >= 0.6 is 0 Å². The molecule has 0 saturated heterocycles. The van der Waals surface area contributed by atoms with E-state index in [2.05, 4.69) is 14.7 Å². The molecule has 0 amide bonds. The normalized spacial score (nSPS) is 8.75. The number of aliphatic imine (C=N–C) groups is 2. The molecule has 2 N–H and O–H groups in total. The summed E-state index contributed by atoms with van der Waals surface area (Å²) in [6.07, 6.45) is 2.84. The van der Waals surface area contributed by atoms with Crippen molar-refractivity contribution in [1.29, 1.82) is 0 Å². The molecular weight excluding hydrogens is 264 g/mol. The molecule has 7 heteroatoms. The van der Waals surface area contributed by atoms with Crippen LogP contribution in [0.3, 0.4) is 0 Å². The van der Waals surface area contributed by atoms with Crippen molar-refractivity contribution in [2.24, 2.45) is 9.98 Å². The summed E-state index contributed by atoms with van der Waals surface area (Å²) in [6.45, 7) is 2.49. The molecule has 0 aromatic heterocycles. The maximum atomic E-state index is 10.00. The first kappa shape index (κ1) is 17.9. The van der Waals surface area contributed by atoms with Crippen LogP contribution < -0.4 is 0 Å². The SMILES string of the molecule is Cc1ccc(N=C=O)cc1N=C=O.OCCOCCO. The maximum Gasteiger partial charge on any atom is 0.240 e. The molecular formula is C13H16N2O5. The Morgan fingerprint density at radius 3 is 2.20 bits per heavy atom. The Kier molecular flexibility index (Phi) is 10.6. The van der Waals surface area contributed by atoms with E-state index in [0.29, 0.717) is 24.6 Å². The van der Waals surface area contributed by atoms with Gasteiger partial charge >= 0.3 is 0 Å². The van der Waals surface area contributed by atoms with Gasteiger partial charge < -0.3 is 14.9 Å². The van der Waals surface area contributed by atoms with E-state index in [4.69, 9.17) is 10.2 Å². The van der Waals surface area contributed by atoms with Crippen LogP contribution in [0.5, 0.6) is 0 Å². The number of aliphatic hydroxyl groups is 2. The first-order chi connectivity index (χ1) is 9.69. The molecule has 0 atom stereocenters. The number of carbonyl (C=O) groups excluding carboxylic acids is 2. The monoisotopic (exact) mass is 280 g/mol. The molecule has 0 heterocycles. The molecule has 0 saturated carbocycles. The second kappa shape index (κ2) is 11.9. The van der Waals surface area contributed by atoms with Crippen LogP contribution in [0.15, 0.2) is 28.2 Å². The molecule has 0 spiro atoms. The van der Waals surface area contributed by atoms with Crippen LogP contribution in [-0.4, -0.2) is 48.8 Å². The van der Waals surface area contributed by atoms with Crippen molar-refractivity contribution < 1.29 is 24.5 Å². The van der Waals surface area contributed by atoms with E-state index in [-0.39, 0.29) is 13.2 Å². The molecule has 7 nitrogen and oxygen atoms in total. The lowest BCUT2D eigenvalue weighted by Gasteiger charge is -1.97. The number of rotatable bonds is 6. The molecule has 20 heavy (non-hydrogen) atoms. The molecule has 0 radical (unpaired) electrons. The van der Waals surface area contributed by atoms with Crippen molar-refractivity contribution in [3.63, 3.8) is 0 Å². The number of hydrogen-bond acceptors (Lipinski definition) is 7. The van der Waals surface area contributed by atoms with Gasteiger partial charge in [0.15, 0.2) is 0 Å². The predicted molar refractivity (Wildman–Crippen MR) is 71.7 cm³/mol. The van der Waals surface area contributed by atoms with Gasteiger partial charge in [0, 0.05) is 0 Å². The summed E-state index contributed by atoms with van der Waals surface area (Å²) in [4.78, 5) is 26.8. The summed E-state index contributed by atoms with van der Waals surface area (Å²) in [6, 6.07) is 4.88. The average Bonchev–Trinajstić information content (AvgIpc) is 2.44. The van der Waals surface area contributed by atoms with E-state index >= 15 is 0 Å². The molecule has 0 aliphatic heterocycles. The summed E-state index contributed by atoms with van der Waals surface area (Å²) < 4.78 is 4.63. The molecule has 1 aromatic rings. The predicted octanol–water partition coefficient (Wildman–Crippen LogP) is 0.917. The second-order valence-corrected chi connectivity index (χ2v) is 3.44. The Bertz CT molecular complexity index is 488. The third-order valence-corrected chi connectivity index (χ3v) is 2.00. The molecule has 1 aromatic carbocycles. The fraction of sp³-hybridized carbons (Fsp3) is 0.385. The zero-order valence-corrected chi connectivity index (χ0v) is 11.1. The van der Waals surface area contributed by atoms with Crippen LogP contribution in [0.2, 0.25) is 0 Å². The smallest absolute Gasteiger partial charge is 0.240 e. The molecule has 0 aliphatic carbocycles. The van der Waals surface area contributed by atoms with Crippen molar-refractivity contribution >= 4 is 23.5 Å². The molecule has 108 valence electrons. The average molecular weight is 280 g/mol. The summed E-state index contributed by atoms with van der Waals surface area (Å²) in [7, 11) is 0. The van der Waals surface area contributed by atoms with Gasteiger partial charge in [-0.3, -0.25) is 0 Å². The molecule has 0 aliphatic rings. The van der Waals surface area contributed by atoms with Crippen molar-refractivity contribution in [3.8, 4) is 0 Å². The third kappa shape index (κ3) is 8.05. The Balaban J connectivity index is 0.000000441. The highest BCUT2D eigenvalue weighted by Gasteiger charge is 1.97. The highest BCUT2D eigenvalue weighted by atomic mass is 16.5. The summed E-state index contributed by atoms with van der Waals surface area (Å²) >= 11 is 0. The lowest BCUT2D eigenvalue weighted by atomic mass is 10.2. The number of hydrogen-bond donors (Lipinski definition) is 2. The van der Waals surface area contributed by atoms with Gasteiger partial charge in [0.25, 0.3) is 0 Å². The van der Waals surface area contributed by atoms with E-state index in [1.165, 1.54) is 18.2 Å². The van der Waals surface area contributed by atoms with E-state index in [0.717, 1.165) is 5.56 Å². The quantitative estimate of drug-likeness (QED) is 0.457. The highest BCUT2D eigenvalue weighted by Crippen LogP contribution is 2.23. The zero-order chi connectivity index (χ0) is 15.2. The molecule has 1 rings (SSSR count). The first-order valence-electron chi connectivity index (χ1n) is 5.75. The first-order valence-corrected chi connectivity index (χ1v) is 5.75. The minimum Gasteiger partial charge on any atom is -0.394 e. The Morgan fingerprint density at radius 2 is 1.70 bits per heavy atom. The van der Waals surface area contributed by atoms with Gasteiger partial charge in [-0.25, -0.2) is 9.59 Å². The topological polar surface area (TPSA) is 109 Å². The van der Waals surface area contributed by atoms with Gasteiger partial charge in [-0.05, 0) is 24.6 Å². The number of aryl methyl sites for hydroxylation is 1. The Labute approximate surface area is 116 Å². The van der Waals surface area contributed by atoms with Crippen LogP contribution in [0.25, 0.3) is 0 Å². The largest absolute Gasteiger partial charge is 0.394 e. The van der Waals surface area contributed by atoms with Crippen LogP contribution in [0.1, 0.15) is 5.56 Å². The maximum absolute atomic E-state index is 10.00. The fourth-order valence-corrected chi connectivity index (χ4v) is 1.12. The third-order valence-electron chi connectivity index (χ3n) is 2.00. The Hall–Kier alpha value is -2.14. The molecule has 0 bridgehead atoms. The van der Waals surface area contributed by atoms with Gasteiger partial charge in [-0.1, -0.05) is 6.07 Å². The summed E-state index contributed by atoms with van der Waals surface area (Å²) in [5.74, 6) is 0. The lowest BCUT2D eigenvalue weighted by molar-refractivity contribution is 0.0650. The second-order valence-electron chi connectivity index (χ2n) is 3.44. The van der Waals surface area contributed by atoms with E-state index in [9.17, 15) is 9.59 Å². The van der Waals surface area contributed by atoms with Gasteiger partial charge in [0.2, 0.25) is 12.2 Å². The van der Waals surface area contributed by atoms with Crippen molar-refractivity contribution in [1.82, 2.24) is 0 Å². The van der Waals surface area contributed by atoms with Crippen LogP contribution in [0, 0.1) is 6.92 Å². The van der Waals surface area contributed by atoms with Crippen molar-refractivity contribution in [2.75, 3.05) is 26.4 Å². The highest BCUT2D eigenvalue weighted by molar-refractivity contribution is 5.61. The van der Waals surface area contributed by atoms with Gasteiger partial charge in [-0.15, -0.1) is 0 Å². The Morgan fingerprint density at radius 1 is 1.10 bits per heavy atom. The van der Waals surface area contributed by atoms with E-state index in [1.807, 2.05) is 0 Å². The van der Waals surface area contributed by atoms with Crippen molar-refractivity contribution in [2.45, 2.75) is 6.92 Å². The summed E-state index contributed by atoms with van der Waals surface area (Å²) in [5.41, 5.74) is 1.72. The number of nitrogens with zero attached hydrogens (tertiary/aromatic N) is 2. The van der Waals surface area contributed by atoms with E-state index < -0.39 is 0 Å². The number of aliphatic hydroxyl groups excluding tert-OH is 2. The van der Waals surface area contributed by atoms with Crippen molar-refractivity contribution in [3.05, 3.63) is 23.8 Å². The minimum absolute atomic E-state index is 0.0278. The number of isocyanates is 2. The van der Waals surface area contributed by atoms with Crippen LogP contribution in [0.4, 0.5) is 11.4 Å². The number of benzene rings is 1. The number of ether oxygens (including phenoxy) is 1. The van der Waals surface area contributed by atoms with Gasteiger partial charge in [-0.2, -0.15) is 9.98 Å². The van der Waals surface area contributed by atoms with Gasteiger partial charge in [0.1, 0.15) is 0 Å². The zero-order valence-electron chi connectivity index (χ0n) is 11.1. The summed E-state index contributed by atoms with van der Waals surface area (Å²) in [5, 5.41) is 16.2. The standard InChI is InChI=1S/C9H6N2O2.C4H10O3/c1-7-2-3-8(10-5-12)4-9(7)11-6-13;5-1-3-7-4-2-6/h2-4H,1H3;5-6H,1-4H2.